The molecule has 2 aromatic carbocycles. The minimum absolute atomic E-state index is 0.0907. The normalized spacial score (nSPS) is 14.2. The molecule has 2 N–H and O–H groups in total. The molecule has 0 spiro atoms. The third kappa shape index (κ3) is 5.09. The summed E-state index contributed by atoms with van der Waals surface area (Å²) < 4.78 is 5.92. The maximum Gasteiger partial charge on any atom is 0.246 e. The molecular formula is C26H27N5O2. The summed E-state index contributed by atoms with van der Waals surface area (Å²) in [6.45, 7) is 5.93. The van der Waals surface area contributed by atoms with E-state index in [2.05, 4.69) is 27.2 Å². The van der Waals surface area contributed by atoms with Crippen molar-refractivity contribution >= 4 is 17.4 Å². The summed E-state index contributed by atoms with van der Waals surface area (Å²) in [5.41, 5.74) is 4.17. The number of para-hydroxylation sites is 1. The number of carbonyl (C=O) groups is 1. The Hall–Kier alpha value is -4.00. The van der Waals surface area contributed by atoms with E-state index in [0.717, 1.165) is 52.7 Å². The first-order chi connectivity index (χ1) is 16.1. The second kappa shape index (κ2) is 10.1. The van der Waals surface area contributed by atoms with Gasteiger partial charge < -0.3 is 15.4 Å². The monoisotopic (exact) mass is 441 g/mol. The van der Waals surface area contributed by atoms with Gasteiger partial charge in [0.25, 0.3) is 0 Å². The number of hydrogen-bond donors (Lipinski definition) is 2. The van der Waals surface area contributed by atoms with Gasteiger partial charge in [0.1, 0.15) is 23.6 Å². The van der Waals surface area contributed by atoms with Crippen LogP contribution in [0.3, 0.4) is 0 Å². The SMILES string of the molecule is C=C(C)C(=O)NCCCC1N=C(c2ccc(Oc3ccccc3)cc2)c2c(NC)ncnc21. The Morgan fingerprint density at radius 1 is 1.06 bits per heavy atom. The molecule has 168 valence electrons. The van der Waals surface area contributed by atoms with Gasteiger partial charge in [-0.3, -0.25) is 9.79 Å². The van der Waals surface area contributed by atoms with Crippen LogP contribution < -0.4 is 15.4 Å². The maximum atomic E-state index is 11.7. The number of rotatable bonds is 9. The highest BCUT2D eigenvalue weighted by atomic mass is 16.5. The van der Waals surface area contributed by atoms with Crippen LogP contribution in [0.25, 0.3) is 0 Å². The fourth-order valence-electron chi connectivity index (χ4n) is 3.73. The van der Waals surface area contributed by atoms with Crippen LogP contribution in [-0.4, -0.2) is 35.2 Å². The van der Waals surface area contributed by atoms with Gasteiger partial charge in [-0.2, -0.15) is 0 Å². The lowest BCUT2D eigenvalue weighted by atomic mass is 10.0. The molecule has 0 saturated carbocycles. The van der Waals surface area contributed by atoms with Crippen LogP contribution >= 0.6 is 0 Å². The third-order valence-electron chi connectivity index (χ3n) is 5.38. The van der Waals surface area contributed by atoms with E-state index in [9.17, 15) is 4.79 Å². The molecule has 0 bridgehead atoms. The first-order valence-corrected chi connectivity index (χ1v) is 10.9. The number of nitrogens with one attached hydrogen (secondary N) is 2. The summed E-state index contributed by atoms with van der Waals surface area (Å²) in [4.78, 5) is 25.7. The predicted octanol–water partition coefficient (Wildman–Crippen LogP) is 4.68. The molecule has 1 aliphatic heterocycles. The van der Waals surface area contributed by atoms with Crippen LogP contribution in [0.2, 0.25) is 0 Å². The van der Waals surface area contributed by atoms with Crippen LogP contribution in [0.1, 0.15) is 42.6 Å². The molecule has 7 nitrogen and oxygen atoms in total. The van der Waals surface area contributed by atoms with Crippen LogP contribution in [-0.2, 0) is 4.79 Å². The van der Waals surface area contributed by atoms with Crippen LogP contribution in [0.15, 0.2) is 78.1 Å². The summed E-state index contributed by atoms with van der Waals surface area (Å²) in [5.74, 6) is 2.18. The minimum atomic E-state index is -0.122. The van der Waals surface area contributed by atoms with E-state index in [4.69, 9.17) is 9.73 Å². The van der Waals surface area contributed by atoms with E-state index >= 15 is 0 Å². The Morgan fingerprint density at radius 3 is 2.48 bits per heavy atom. The quantitative estimate of drug-likeness (QED) is 0.372. The van der Waals surface area contributed by atoms with E-state index in [0.29, 0.717) is 12.1 Å². The van der Waals surface area contributed by atoms with E-state index in [1.165, 1.54) is 0 Å². The molecule has 1 atom stereocenters. The minimum Gasteiger partial charge on any atom is -0.457 e. The zero-order valence-corrected chi connectivity index (χ0v) is 18.8. The average Bonchev–Trinajstić information content (AvgIpc) is 3.21. The molecule has 33 heavy (non-hydrogen) atoms. The molecule has 1 unspecified atom stereocenters. The van der Waals surface area contributed by atoms with E-state index in [1.54, 1.807) is 13.3 Å². The predicted molar refractivity (Wildman–Crippen MR) is 130 cm³/mol. The largest absolute Gasteiger partial charge is 0.457 e. The van der Waals surface area contributed by atoms with Crippen molar-refractivity contribution in [3.63, 3.8) is 0 Å². The number of carbonyl (C=O) groups excluding carboxylic acids is 1. The number of benzene rings is 2. The Morgan fingerprint density at radius 2 is 1.79 bits per heavy atom. The van der Waals surface area contributed by atoms with Gasteiger partial charge in [-0.05, 0) is 56.2 Å². The molecule has 0 aliphatic carbocycles. The number of ether oxygens (including phenoxy) is 1. The molecule has 3 aromatic rings. The number of nitrogens with zero attached hydrogens (tertiary/aromatic N) is 3. The van der Waals surface area contributed by atoms with Crippen LogP contribution in [0.5, 0.6) is 11.5 Å². The van der Waals surface area contributed by atoms with Gasteiger partial charge >= 0.3 is 0 Å². The van der Waals surface area contributed by atoms with Crippen molar-refractivity contribution < 1.29 is 9.53 Å². The maximum absolute atomic E-state index is 11.7. The van der Waals surface area contributed by atoms with Crippen molar-refractivity contribution in [2.24, 2.45) is 4.99 Å². The fraction of sp³-hybridized carbons (Fsp3) is 0.231. The molecule has 7 heteroatoms. The number of aliphatic imine (C=N–C) groups is 1. The molecule has 1 aliphatic rings. The first kappa shape index (κ1) is 22.2. The van der Waals surface area contributed by atoms with Gasteiger partial charge in [0.2, 0.25) is 5.91 Å². The van der Waals surface area contributed by atoms with Crippen LogP contribution in [0.4, 0.5) is 5.82 Å². The summed E-state index contributed by atoms with van der Waals surface area (Å²) in [7, 11) is 1.84. The molecule has 2 heterocycles. The lowest BCUT2D eigenvalue weighted by Gasteiger charge is -2.11. The highest BCUT2D eigenvalue weighted by Gasteiger charge is 2.30. The number of fused-ring (bicyclic) bond motifs is 1. The summed E-state index contributed by atoms with van der Waals surface area (Å²) in [6, 6.07) is 17.5. The highest BCUT2D eigenvalue weighted by Crippen LogP contribution is 2.36. The van der Waals surface area contributed by atoms with Crippen molar-refractivity contribution in [2.75, 3.05) is 18.9 Å². The molecule has 0 fully saturated rings. The second-order valence-corrected chi connectivity index (χ2v) is 7.84. The molecule has 4 rings (SSSR count). The summed E-state index contributed by atoms with van der Waals surface area (Å²) >= 11 is 0. The smallest absolute Gasteiger partial charge is 0.246 e. The van der Waals surface area contributed by atoms with Crippen molar-refractivity contribution in [3.05, 3.63) is 89.9 Å². The molecular weight excluding hydrogens is 414 g/mol. The van der Waals surface area contributed by atoms with Crippen molar-refractivity contribution in [2.45, 2.75) is 25.8 Å². The Kier molecular flexibility index (Phi) is 6.78. The second-order valence-electron chi connectivity index (χ2n) is 7.84. The number of amides is 1. The lowest BCUT2D eigenvalue weighted by molar-refractivity contribution is -0.117. The van der Waals surface area contributed by atoms with Gasteiger partial charge in [-0.15, -0.1) is 0 Å². The standard InChI is InChI=1S/C26H27N5O2/c1-17(2)26(32)28-15-7-10-21-24-22(25(27-3)30-16-29-24)23(31-21)18-11-13-20(14-12-18)33-19-8-5-4-6-9-19/h4-6,8-9,11-14,16,21H,1,7,10,15H2,2-3H3,(H,28,32)(H,27,29,30). The highest BCUT2D eigenvalue weighted by molar-refractivity contribution is 6.17. The Labute approximate surface area is 193 Å². The zero-order chi connectivity index (χ0) is 23.2. The van der Waals surface area contributed by atoms with Crippen molar-refractivity contribution in [1.82, 2.24) is 15.3 Å². The molecule has 0 radical (unpaired) electrons. The number of anilines is 1. The summed E-state index contributed by atoms with van der Waals surface area (Å²) in [5, 5.41) is 6.04. The number of aromatic nitrogens is 2. The number of hydrogen-bond acceptors (Lipinski definition) is 6. The van der Waals surface area contributed by atoms with Gasteiger partial charge in [-0.1, -0.05) is 24.8 Å². The van der Waals surface area contributed by atoms with Gasteiger partial charge in [0.05, 0.1) is 23.0 Å². The Balaban J connectivity index is 1.53. The van der Waals surface area contributed by atoms with E-state index in [-0.39, 0.29) is 11.9 Å². The fourth-order valence-corrected chi connectivity index (χ4v) is 3.73. The third-order valence-corrected chi connectivity index (χ3v) is 5.38. The average molecular weight is 442 g/mol. The van der Waals surface area contributed by atoms with Gasteiger partial charge in [-0.25, -0.2) is 9.97 Å². The van der Waals surface area contributed by atoms with E-state index in [1.807, 2.05) is 61.6 Å². The van der Waals surface area contributed by atoms with Gasteiger partial charge in [0, 0.05) is 24.7 Å². The summed E-state index contributed by atoms with van der Waals surface area (Å²) in [6.07, 6.45) is 3.11. The lowest BCUT2D eigenvalue weighted by Crippen LogP contribution is -2.24. The van der Waals surface area contributed by atoms with Crippen molar-refractivity contribution in [3.8, 4) is 11.5 Å². The molecule has 1 aromatic heterocycles. The molecule has 1 amide bonds. The first-order valence-electron chi connectivity index (χ1n) is 10.9. The zero-order valence-electron chi connectivity index (χ0n) is 18.8. The van der Waals surface area contributed by atoms with Gasteiger partial charge in [0.15, 0.2) is 0 Å². The topological polar surface area (TPSA) is 88.5 Å². The van der Waals surface area contributed by atoms with E-state index < -0.39 is 0 Å². The van der Waals surface area contributed by atoms with Crippen LogP contribution in [0, 0.1) is 0 Å². The Bertz CT molecular complexity index is 1170. The molecule has 0 saturated heterocycles. The van der Waals surface area contributed by atoms with Crippen molar-refractivity contribution in [1.29, 1.82) is 0 Å².